The predicted octanol–water partition coefficient (Wildman–Crippen LogP) is 2.69. The molecule has 2 amide bonds. The number of nitrogens with one attached hydrogen (secondary N) is 2. The van der Waals surface area contributed by atoms with Gasteiger partial charge >= 0.3 is 6.03 Å². The van der Waals surface area contributed by atoms with E-state index in [2.05, 4.69) is 30.4 Å². The quantitative estimate of drug-likeness (QED) is 0.821. The average molecular weight is 360 g/mol. The molecule has 1 atom stereocenters. The molecule has 0 aliphatic heterocycles. The van der Waals surface area contributed by atoms with E-state index >= 15 is 0 Å². The van der Waals surface area contributed by atoms with E-state index in [0.29, 0.717) is 17.6 Å². The molecule has 2 N–H and O–H groups in total. The summed E-state index contributed by atoms with van der Waals surface area (Å²) in [4.78, 5) is 16.5. The molecule has 1 aliphatic rings. The zero-order valence-corrected chi connectivity index (χ0v) is 15.2. The molecule has 3 rings (SSSR count). The van der Waals surface area contributed by atoms with Crippen molar-refractivity contribution in [2.75, 3.05) is 19.5 Å². The summed E-state index contributed by atoms with van der Waals surface area (Å²) in [5, 5.41) is 13.8. The summed E-state index contributed by atoms with van der Waals surface area (Å²) in [7, 11) is 3.00. The van der Waals surface area contributed by atoms with Gasteiger partial charge in [0.25, 0.3) is 0 Å². The number of hydrogen-bond donors (Lipinski definition) is 2. The average Bonchev–Trinajstić information content (AvgIpc) is 3.32. The predicted molar refractivity (Wildman–Crippen MR) is 95.4 cm³/mol. The van der Waals surface area contributed by atoms with E-state index in [0.717, 1.165) is 18.7 Å². The van der Waals surface area contributed by atoms with Crippen LogP contribution in [-0.4, -0.2) is 40.0 Å². The van der Waals surface area contributed by atoms with Gasteiger partial charge in [0, 0.05) is 12.1 Å². The van der Waals surface area contributed by atoms with Gasteiger partial charge in [-0.15, -0.1) is 10.2 Å². The molecule has 26 heavy (non-hydrogen) atoms. The van der Waals surface area contributed by atoms with Gasteiger partial charge in [-0.2, -0.15) is 4.98 Å². The van der Waals surface area contributed by atoms with Crippen LogP contribution in [0.15, 0.2) is 18.5 Å². The topological polar surface area (TPSA) is 103 Å². The number of carbonyl (C=O) groups excluding carboxylic acids is 1. The lowest BCUT2D eigenvalue weighted by molar-refractivity contribution is 0.248. The maximum atomic E-state index is 12.4. The van der Waals surface area contributed by atoms with Crippen molar-refractivity contribution in [1.82, 2.24) is 25.1 Å². The first kappa shape index (κ1) is 18.0. The Kier molecular flexibility index (Phi) is 5.55. The Bertz CT molecular complexity index is 757. The molecule has 9 nitrogen and oxygen atoms in total. The second-order valence-corrected chi connectivity index (χ2v) is 6.27. The molecule has 0 aromatic carbocycles. The highest BCUT2D eigenvalue weighted by Crippen LogP contribution is 2.31. The van der Waals surface area contributed by atoms with E-state index in [-0.39, 0.29) is 18.0 Å². The molecule has 140 valence electrons. The van der Waals surface area contributed by atoms with E-state index in [9.17, 15) is 4.79 Å². The van der Waals surface area contributed by atoms with Crippen LogP contribution >= 0.6 is 0 Å². The van der Waals surface area contributed by atoms with Crippen molar-refractivity contribution in [3.8, 4) is 11.8 Å². The van der Waals surface area contributed by atoms with Crippen LogP contribution < -0.4 is 20.1 Å². The molecule has 1 aliphatic carbocycles. The number of amides is 2. The summed E-state index contributed by atoms with van der Waals surface area (Å²) in [5.74, 6) is 1.44. The van der Waals surface area contributed by atoms with Gasteiger partial charge in [0.15, 0.2) is 5.82 Å². The molecule has 0 saturated heterocycles. The lowest BCUT2D eigenvalue weighted by Crippen LogP contribution is -2.33. The van der Waals surface area contributed by atoms with Gasteiger partial charge < -0.3 is 24.7 Å². The van der Waals surface area contributed by atoms with Crippen LogP contribution in [0.25, 0.3) is 0 Å². The fraction of sp³-hybridized carbons (Fsp3) is 0.529. The zero-order valence-electron chi connectivity index (χ0n) is 15.2. The molecular formula is C17H24N6O3. The fourth-order valence-corrected chi connectivity index (χ4v) is 3.23. The summed E-state index contributed by atoms with van der Waals surface area (Å²) in [6.07, 6.45) is 6.43. The number of hydrogen-bond acceptors (Lipinski definition) is 6. The number of methoxy groups -OCH3 is 2. The normalized spacial score (nSPS) is 15.5. The number of anilines is 1. The van der Waals surface area contributed by atoms with E-state index in [1.54, 1.807) is 18.5 Å². The zero-order chi connectivity index (χ0) is 18.5. The molecule has 0 bridgehead atoms. The highest BCUT2D eigenvalue weighted by molar-refractivity contribution is 5.90. The van der Waals surface area contributed by atoms with E-state index < -0.39 is 0 Å². The van der Waals surface area contributed by atoms with E-state index in [1.807, 2.05) is 6.92 Å². The first-order chi connectivity index (χ1) is 12.6. The first-order valence-corrected chi connectivity index (χ1v) is 8.68. The van der Waals surface area contributed by atoms with Crippen molar-refractivity contribution in [3.63, 3.8) is 0 Å². The Balaban J connectivity index is 1.66. The van der Waals surface area contributed by atoms with Crippen LogP contribution in [0.2, 0.25) is 0 Å². The molecule has 2 heterocycles. The number of nitrogens with zero attached hydrogens (tertiary/aromatic N) is 4. The summed E-state index contributed by atoms with van der Waals surface area (Å²) in [5.41, 5.74) is 0.454. The van der Waals surface area contributed by atoms with Crippen molar-refractivity contribution in [1.29, 1.82) is 0 Å². The number of rotatable bonds is 6. The molecule has 0 spiro atoms. The highest BCUT2D eigenvalue weighted by Gasteiger charge is 2.23. The van der Waals surface area contributed by atoms with E-state index in [4.69, 9.17) is 9.47 Å². The summed E-state index contributed by atoms with van der Waals surface area (Å²) >= 11 is 0. The fourth-order valence-electron chi connectivity index (χ4n) is 3.23. The van der Waals surface area contributed by atoms with Crippen LogP contribution in [0.1, 0.15) is 50.5 Å². The van der Waals surface area contributed by atoms with Crippen LogP contribution in [0.3, 0.4) is 0 Å². The maximum absolute atomic E-state index is 12.4. The smallest absolute Gasteiger partial charge is 0.319 e. The van der Waals surface area contributed by atoms with Crippen LogP contribution in [0, 0.1) is 0 Å². The van der Waals surface area contributed by atoms with Crippen molar-refractivity contribution < 1.29 is 14.3 Å². The SMILES string of the molecule is COc1ccc(NC(=O)NC(C)c2nncn2C2CCCC2)c(OC)n1. The third kappa shape index (κ3) is 3.87. The standard InChI is InChI=1S/C17H24N6O3/c1-11(15-22-18-10-23(15)12-6-4-5-7-12)19-17(24)20-13-8-9-14(25-2)21-16(13)26-3/h8-12H,4-7H2,1-3H3,(H2,19,20,24). The van der Waals surface area contributed by atoms with Gasteiger partial charge in [-0.05, 0) is 25.8 Å². The van der Waals surface area contributed by atoms with Gasteiger partial charge in [-0.1, -0.05) is 12.8 Å². The van der Waals surface area contributed by atoms with Gasteiger partial charge in [-0.25, -0.2) is 4.79 Å². The third-order valence-corrected chi connectivity index (χ3v) is 4.54. The Hall–Kier alpha value is -2.84. The molecule has 1 fully saturated rings. The second-order valence-electron chi connectivity index (χ2n) is 6.27. The number of ether oxygens (including phenoxy) is 2. The van der Waals surface area contributed by atoms with Crippen LogP contribution in [0.4, 0.5) is 10.5 Å². The summed E-state index contributed by atoms with van der Waals surface area (Å²) in [6, 6.07) is 3.09. The summed E-state index contributed by atoms with van der Waals surface area (Å²) < 4.78 is 12.3. The van der Waals surface area contributed by atoms with Crippen molar-refractivity contribution in [3.05, 3.63) is 24.3 Å². The maximum Gasteiger partial charge on any atom is 0.319 e. The molecule has 2 aromatic rings. The van der Waals surface area contributed by atoms with Crippen LogP contribution in [-0.2, 0) is 0 Å². The van der Waals surface area contributed by atoms with Gasteiger partial charge in [0.1, 0.15) is 12.0 Å². The highest BCUT2D eigenvalue weighted by atomic mass is 16.5. The van der Waals surface area contributed by atoms with Gasteiger partial charge in [0.2, 0.25) is 11.8 Å². The number of carbonyl (C=O) groups is 1. The van der Waals surface area contributed by atoms with E-state index in [1.165, 1.54) is 27.1 Å². The Morgan fingerprint density at radius 3 is 2.73 bits per heavy atom. The van der Waals surface area contributed by atoms with Crippen LogP contribution in [0.5, 0.6) is 11.8 Å². The van der Waals surface area contributed by atoms with Crippen molar-refractivity contribution in [2.24, 2.45) is 0 Å². The minimum atomic E-state index is -0.372. The van der Waals surface area contributed by atoms with Gasteiger partial charge in [-0.3, -0.25) is 0 Å². The molecular weight excluding hydrogens is 336 g/mol. The number of aromatic nitrogens is 4. The van der Waals surface area contributed by atoms with Gasteiger partial charge in [0.05, 0.1) is 20.3 Å². The largest absolute Gasteiger partial charge is 0.481 e. The molecule has 0 radical (unpaired) electrons. The molecule has 1 unspecified atom stereocenters. The monoisotopic (exact) mass is 360 g/mol. The second kappa shape index (κ2) is 8.03. The Labute approximate surface area is 152 Å². The summed E-state index contributed by atoms with van der Waals surface area (Å²) in [6.45, 7) is 1.89. The Morgan fingerprint density at radius 1 is 1.27 bits per heavy atom. The van der Waals surface area contributed by atoms with Crippen molar-refractivity contribution in [2.45, 2.75) is 44.7 Å². The lowest BCUT2D eigenvalue weighted by Gasteiger charge is -2.19. The number of pyridine rings is 1. The minimum absolute atomic E-state index is 0.279. The van der Waals surface area contributed by atoms with Crippen molar-refractivity contribution >= 4 is 11.7 Å². The molecule has 9 heteroatoms. The first-order valence-electron chi connectivity index (χ1n) is 8.68. The Morgan fingerprint density at radius 2 is 2.04 bits per heavy atom. The lowest BCUT2D eigenvalue weighted by atomic mass is 10.2. The minimum Gasteiger partial charge on any atom is -0.481 e. The number of urea groups is 1. The molecule has 2 aromatic heterocycles. The molecule has 1 saturated carbocycles. The third-order valence-electron chi connectivity index (χ3n) is 4.54.